The van der Waals surface area contributed by atoms with Crippen LogP contribution in [0.2, 0.25) is 18.1 Å². The molecular formula is C69H93F2N3O9Si. The number of benzene rings is 4. The van der Waals surface area contributed by atoms with Crippen LogP contribution in [0, 0.1) is 58.0 Å². The molecule has 12 atom stereocenters. The van der Waals surface area contributed by atoms with E-state index in [9.17, 15) is 19.2 Å². The summed E-state index contributed by atoms with van der Waals surface area (Å²) in [5.74, 6) is 1.29. The first kappa shape index (κ1) is 63.0. The smallest absolute Gasteiger partial charge is 0.306 e. The van der Waals surface area contributed by atoms with Gasteiger partial charge in [-0.15, -0.1) is 0 Å². The van der Waals surface area contributed by atoms with Gasteiger partial charge in [0.05, 0.1) is 26.7 Å². The molecule has 1 aliphatic heterocycles. The molecule has 4 aliphatic carbocycles. The van der Waals surface area contributed by atoms with Crippen LogP contribution in [0.3, 0.4) is 0 Å². The third-order valence-electron chi connectivity index (χ3n) is 21.5. The van der Waals surface area contributed by atoms with E-state index >= 15 is 8.78 Å². The Labute approximate surface area is 499 Å². The zero-order chi connectivity index (χ0) is 60.2. The fourth-order valence-corrected chi connectivity index (χ4v) is 17.2. The summed E-state index contributed by atoms with van der Waals surface area (Å²) >= 11 is 0. The van der Waals surface area contributed by atoms with Gasteiger partial charge in [0.1, 0.15) is 41.3 Å². The molecule has 5 fully saturated rings. The van der Waals surface area contributed by atoms with E-state index in [1.54, 1.807) is 7.11 Å². The molecule has 5 aliphatic rings. The summed E-state index contributed by atoms with van der Waals surface area (Å²) in [7, 11) is 0.234. The number of ether oxygens (including phenoxy) is 4. The topological polar surface area (TPSA) is 151 Å². The zero-order valence-corrected chi connectivity index (χ0v) is 52.5. The minimum atomic E-state index is -2.85. The first-order valence-electron chi connectivity index (χ1n) is 31.2. The quantitative estimate of drug-likeness (QED) is 0.0397. The van der Waals surface area contributed by atoms with Gasteiger partial charge in [-0.2, -0.15) is 0 Å². The molecule has 0 spiro atoms. The molecule has 1 saturated heterocycles. The van der Waals surface area contributed by atoms with Crippen molar-refractivity contribution in [3.63, 3.8) is 0 Å². The first-order chi connectivity index (χ1) is 40.0. The van der Waals surface area contributed by atoms with Gasteiger partial charge in [-0.1, -0.05) is 127 Å². The fraction of sp³-hybridized carbons (Fsp3) is 0.594. The predicted octanol–water partition coefficient (Wildman–Crippen LogP) is 13.4. The lowest BCUT2D eigenvalue weighted by Crippen LogP contribution is -2.53. The number of carbonyl (C=O) groups excluding carboxylic acids is 4. The zero-order valence-electron chi connectivity index (χ0n) is 51.5. The minimum absolute atomic E-state index is 0.0293. The molecule has 0 aromatic heterocycles. The Morgan fingerprint density at radius 3 is 2.05 bits per heavy atom. The lowest BCUT2D eigenvalue weighted by molar-refractivity contribution is -0.159. The van der Waals surface area contributed by atoms with Gasteiger partial charge in [0.2, 0.25) is 17.7 Å². The average molecular weight is 1170 g/mol. The van der Waals surface area contributed by atoms with Gasteiger partial charge >= 0.3 is 5.97 Å². The highest BCUT2D eigenvalue weighted by Gasteiger charge is 2.60. The molecule has 3 unspecified atom stereocenters. The summed E-state index contributed by atoms with van der Waals surface area (Å²) in [5.41, 5.74) is 1.73. The van der Waals surface area contributed by atoms with Crippen LogP contribution in [-0.4, -0.2) is 77.6 Å². The number of nitrogens with one attached hydrogen (secondary N) is 3. The number of halogens is 2. The molecule has 3 N–H and O–H groups in total. The lowest BCUT2D eigenvalue weighted by atomic mass is 9.44. The number of hydrogen-bond acceptors (Lipinski definition) is 9. The van der Waals surface area contributed by atoms with Crippen LogP contribution >= 0.6 is 0 Å². The van der Waals surface area contributed by atoms with Crippen LogP contribution in [-0.2, 0) is 50.0 Å². The number of carbonyl (C=O) groups is 4. The maximum Gasteiger partial charge on any atom is 0.306 e. The molecule has 84 heavy (non-hydrogen) atoms. The highest BCUT2D eigenvalue weighted by Crippen LogP contribution is 2.68. The number of esters is 1. The Kier molecular flexibility index (Phi) is 19.7. The van der Waals surface area contributed by atoms with Gasteiger partial charge in [-0.3, -0.25) is 19.2 Å². The van der Waals surface area contributed by atoms with Crippen molar-refractivity contribution in [3.05, 3.63) is 137 Å². The van der Waals surface area contributed by atoms with Crippen LogP contribution in [0.5, 0.6) is 5.75 Å². The summed E-state index contributed by atoms with van der Waals surface area (Å²) in [4.78, 5) is 53.2. The third-order valence-corrected chi connectivity index (χ3v) is 26.0. The van der Waals surface area contributed by atoms with E-state index in [0.717, 1.165) is 52.8 Å². The molecule has 0 radical (unpaired) electrons. The van der Waals surface area contributed by atoms with Crippen LogP contribution in [0.1, 0.15) is 165 Å². The van der Waals surface area contributed by atoms with E-state index in [4.69, 9.17) is 23.4 Å². The molecule has 1 heterocycles. The summed E-state index contributed by atoms with van der Waals surface area (Å²) in [6.45, 7) is 16.9. The summed E-state index contributed by atoms with van der Waals surface area (Å²) in [6, 6.07) is 29.0. The molecule has 4 saturated carbocycles. The van der Waals surface area contributed by atoms with Gasteiger partial charge < -0.3 is 39.3 Å². The van der Waals surface area contributed by atoms with Crippen LogP contribution in [0.4, 0.5) is 8.78 Å². The Balaban J connectivity index is 0.917. The van der Waals surface area contributed by atoms with E-state index in [-0.39, 0.29) is 55.5 Å². The van der Waals surface area contributed by atoms with Crippen LogP contribution in [0.15, 0.2) is 97.1 Å². The number of hydrogen-bond donors (Lipinski definition) is 3. The molecule has 9 rings (SSSR count). The molecule has 456 valence electrons. The number of fused-ring (bicyclic) bond motifs is 5. The number of rotatable bonds is 22. The number of methoxy groups -OCH3 is 1. The van der Waals surface area contributed by atoms with Crippen LogP contribution < -0.4 is 20.7 Å². The molecular weight excluding hydrogens is 1080 g/mol. The Bertz CT molecular complexity index is 2880. The van der Waals surface area contributed by atoms with E-state index in [0.29, 0.717) is 34.8 Å². The fourth-order valence-electron chi connectivity index (χ4n) is 15.9. The van der Waals surface area contributed by atoms with Crippen molar-refractivity contribution < 1.29 is 51.3 Å². The van der Waals surface area contributed by atoms with Crippen molar-refractivity contribution in [2.75, 3.05) is 27.3 Å². The molecule has 4 aromatic carbocycles. The molecule has 15 heteroatoms. The average Bonchev–Trinajstić information content (AvgIpc) is 4.15. The van der Waals surface area contributed by atoms with Gasteiger partial charge in [0.25, 0.3) is 0 Å². The third kappa shape index (κ3) is 13.1. The van der Waals surface area contributed by atoms with Crippen molar-refractivity contribution in [2.45, 2.75) is 186 Å². The molecule has 12 nitrogen and oxygen atoms in total. The van der Waals surface area contributed by atoms with E-state index < -0.39 is 66.9 Å². The second-order valence-electron chi connectivity index (χ2n) is 27.2. The molecule has 4 aromatic rings. The van der Waals surface area contributed by atoms with E-state index in [1.165, 1.54) is 77.3 Å². The molecule has 0 bridgehead atoms. The summed E-state index contributed by atoms with van der Waals surface area (Å²) in [5, 5.41) is 7.70. The van der Waals surface area contributed by atoms with E-state index in [1.807, 2.05) is 98.0 Å². The Hall–Kier alpha value is -5.48. The van der Waals surface area contributed by atoms with E-state index in [2.05, 4.69) is 57.5 Å². The normalized spacial score (nSPS) is 28.0. The second-order valence-corrected chi connectivity index (χ2v) is 31.9. The van der Waals surface area contributed by atoms with Crippen molar-refractivity contribution in [3.8, 4) is 5.75 Å². The van der Waals surface area contributed by atoms with Crippen molar-refractivity contribution in [1.29, 1.82) is 0 Å². The van der Waals surface area contributed by atoms with Crippen molar-refractivity contribution >= 4 is 32.0 Å². The standard InChI is InChI=1S/C69H93F2N3O9Si/c1-44(53-31-32-54-51-30-27-46-19-17-18-37-67(46,5)55(51)36-38-68(53,54)6)24-33-60(76)74-42-61(77)73-41-45-39-52(57(71)40-56(45)70)63-65(83-84(9,10)66(2,3)4)64(82-62(78)35-34-59(75)72-7)58(81-63)43-80-69(47-20-13-11-14-21-47,48-22-15-12-16-23-48)49-25-28-50(79-8)29-26-49/h11-16,20-23,25-26,28-29,39-40,44,46,51,53-55,58,63-65H,17-19,24,27,30-38,41-43H2,1-10H3,(H,72,75)(H,73,77)(H,74,76)/t44-,46-,51?,53?,54-,55-,58-,63+,64+,65?,67-,68+/m1/s1. The predicted molar refractivity (Wildman–Crippen MR) is 324 cm³/mol. The highest BCUT2D eigenvalue weighted by molar-refractivity contribution is 6.74. The highest BCUT2D eigenvalue weighted by atomic mass is 28.4. The van der Waals surface area contributed by atoms with Crippen molar-refractivity contribution in [1.82, 2.24) is 16.0 Å². The number of amides is 3. The van der Waals surface area contributed by atoms with Gasteiger partial charge in [-0.25, -0.2) is 8.78 Å². The monoisotopic (exact) mass is 1170 g/mol. The van der Waals surface area contributed by atoms with Crippen molar-refractivity contribution in [2.24, 2.45) is 46.3 Å². The largest absolute Gasteiger partial charge is 0.497 e. The molecule has 3 amide bonds. The van der Waals surface area contributed by atoms with Gasteiger partial charge in [0, 0.05) is 43.6 Å². The maximum atomic E-state index is 16.8. The maximum absolute atomic E-state index is 16.8. The van der Waals surface area contributed by atoms with Gasteiger partial charge in [0.15, 0.2) is 14.4 Å². The Morgan fingerprint density at radius 2 is 1.39 bits per heavy atom. The Morgan fingerprint density at radius 1 is 0.726 bits per heavy atom. The first-order valence-corrected chi connectivity index (χ1v) is 34.1. The SMILES string of the molecule is CNC(=O)CCC(=O)O[C@@H]1C(O[Si](C)(C)C(C)(C)C)[C@H](c2cc(CNC(=O)CNC(=O)CC[C@@H](C)C3CC[C@@H]4C5CC[C@H]6CCCC[C@@]6(C)[C@@H]5CC[C@@]34C)c(F)cc2F)O[C@@H]1COC(c1ccccc1)(c1ccccc1)c1ccc(OC)cc1. The minimum Gasteiger partial charge on any atom is -0.497 e. The summed E-state index contributed by atoms with van der Waals surface area (Å²) in [6.07, 6.45) is 9.37. The summed E-state index contributed by atoms with van der Waals surface area (Å²) < 4.78 is 66.1. The lowest BCUT2D eigenvalue weighted by Gasteiger charge is -2.61. The van der Waals surface area contributed by atoms with Crippen LogP contribution in [0.25, 0.3) is 0 Å². The second kappa shape index (κ2) is 26.2. The van der Waals surface area contributed by atoms with Gasteiger partial charge in [-0.05, 0) is 157 Å².